The Bertz CT molecular complexity index is 173. The zero-order chi connectivity index (χ0) is 7.98. The molecule has 2 nitrogen and oxygen atoms in total. The molecule has 10 heavy (non-hydrogen) atoms. The van der Waals surface area contributed by atoms with Gasteiger partial charge in [-0.2, -0.15) is 10.5 Å². The largest absolute Gasteiger partial charge is 0.197 e. The van der Waals surface area contributed by atoms with Crippen molar-refractivity contribution in [1.82, 2.24) is 0 Å². The van der Waals surface area contributed by atoms with E-state index in [4.69, 9.17) is 22.1 Å². The quantitative estimate of drug-likeness (QED) is 0.459. The highest BCUT2D eigenvalue weighted by atomic mass is 35.5. The molecule has 0 heterocycles. The van der Waals surface area contributed by atoms with Crippen molar-refractivity contribution in [2.24, 2.45) is 11.8 Å². The molecule has 0 rings (SSSR count). The average molecular weight is 155 g/mol. The minimum absolute atomic E-state index is 0.211. The molecule has 0 bridgehead atoms. The Morgan fingerprint density at radius 2 is 2.00 bits per heavy atom. The van der Waals surface area contributed by atoms with E-state index in [9.17, 15) is 0 Å². The lowest BCUT2D eigenvalue weighted by Crippen LogP contribution is -2.09. The highest BCUT2D eigenvalue weighted by Crippen LogP contribution is 2.12. The van der Waals surface area contributed by atoms with Gasteiger partial charge in [0.2, 0.25) is 0 Å². The molecule has 0 aromatic heterocycles. The van der Waals surface area contributed by atoms with Gasteiger partial charge in [0.15, 0.2) is 0 Å². The van der Waals surface area contributed by atoms with Crippen molar-refractivity contribution in [1.29, 1.82) is 10.5 Å². The van der Waals surface area contributed by atoms with Gasteiger partial charge >= 0.3 is 0 Å². The van der Waals surface area contributed by atoms with Crippen LogP contribution in [0, 0.1) is 34.5 Å². The zero-order valence-corrected chi connectivity index (χ0v) is 6.17. The van der Waals surface area contributed by atoms with Crippen LogP contribution < -0.4 is 0 Å². The summed E-state index contributed by atoms with van der Waals surface area (Å²) < 4.78 is 0. The normalized spacial score (nSPS) is 11.6. The van der Waals surface area contributed by atoms with E-state index < -0.39 is 5.92 Å². The summed E-state index contributed by atoms with van der Waals surface area (Å²) >= 11 is 5.45. The summed E-state index contributed by atoms with van der Waals surface area (Å²) in [5.41, 5.74) is 0. The number of rotatable bonds is 3. The van der Waals surface area contributed by atoms with Gasteiger partial charge in [0.1, 0.15) is 5.92 Å². The van der Waals surface area contributed by atoms with Gasteiger partial charge in [-0.05, 0) is 0 Å². The predicted molar refractivity (Wildman–Crippen MR) is 39.1 cm³/mol. The van der Waals surface area contributed by atoms with Crippen LogP contribution in [0.5, 0.6) is 0 Å². The molecular formula is C7H7ClN2. The van der Waals surface area contributed by atoms with E-state index in [1.165, 1.54) is 6.08 Å². The third-order valence-electron chi connectivity index (χ3n) is 1.19. The van der Waals surface area contributed by atoms with Crippen LogP contribution >= 0.6 is 11.6 Å². The van der Waals surface area contributed by atoms with E-state index >= 15 is 0 Å². The van der Waals surface area contributed by atoms with Gasteiger partial charge in [-0.3, -0.25) is 0 Å². The highest BCUT2D eigenvalue weighted by molar-refractivity contribution is 6.18. The van der Waals surface area contributed by atoms with E-state index in [2.05, 4.69) is 6.58 Å². The first-order chi connectivity index (χ1) is 4.79. The summed E-state index contributed by atoms with van der Waals surface area (Å²) in [7, 11) is 0. The molecule has 0 aromatic carbocycles. The number of nitrogens with zero attached hydrogens (tertiary/aromatic N) is 2. The zero-order valence-electron chi connectivity index (χ0n) is 5.42. The van der Waals surface area contributed by atoms with Crippen LogP contribution in [0.15, 0.2) is 12.7 Å². The topological polar surface area (TPSA) is 47.6 Å². The number of alkyl halides is 1. The standard InChI is InChI=1S/C7H7ClN2/c1-2-6(3-8)7(4-9)5-10/h2,6-7H,1,3H2. The molecule has 3 heteroatoms. The first kappa shape index (κ1) is 9.01. The molecule has 0 saturated heterocycles. The highest BCUT2D eigenvalue weighted by Gasteiger charge is 2.15. The molecule has 0 aliphatic rings. The van der Waals surface area contributed by atoms with Gasteiger partial charge < -0.3 is 0 Å². The first-order valence-corrected chi connectivity index (χ1v) is 3.31. The Morgan fingerprint density at radius 3 is 2.10 bits per heavy atom. The number of hydrogen-bond donors (Lipinski definition) is 0. The third-order valence-corrected chi connectivity index (χ3v) is 1.54. The van der Waals surface area contributed by atoms with Gasteiger partial charge in [0.05, 0.1) is 12.1 Å². The summed E-state index contributed by atoms with van der Waals surface area (Å²) in [6, 6.07) is 3.67. The molecule has 0 amide bonds. The van der Waals surface area contributed by atoms with E-state index in [1.807, 2.05) is 12.1 Å². The van der Waals surface area contributed by atoms with Gasteiger partial charge in [-0.25, -0.2) is 0 Å². The maximum atomic E-state index is 8.38. The minimum Gasteiger partial charge on any atom is -0.197 e. The summed E-state index contributed by atoms with van der Waals surface area (Å²) in [5.74, 6) is -0.596. The fourth-order valence-electron chi connectivity index (χ4n) is 0.509. The number of hydrogen-bond acceptors (Lipinski definition) is 2. The second kappa shape index (κ2) is 4.85. The predicted octanol–water partition coefficient (Wildman–Crippen LogP) is 1.69. The molecule has 0 spiro atoms. The van der Waals surface area contributed by atoms with Crippen molar-refractivity contribution in [3.63, 3.8) is 0 Å². The molecule has 52 valence electrons. The summed E-state index contributed by atoms with van der Waals surface area (Å²) in [6.45, 7) is 3.46. The molecule has 0 aliphatic heterocycles. The average Bonchev–Trinajstić information content (AvgIpc) is 2.00. The van der Waals surface area contributed by atoms with Crippen molar-refractivity contribution in [3.8, 4) is 12.1 Å². The maximum Gasteiger partial charge on any atom is 0.140 e. The number of nitriles is 2. The van der Waals surface area contributed by atoms with Crippen molar-refractivity contribution < 1.29 is 0 Å². The van der Waals surface area contributed by atoms with Crippen molar-refractivity contribution in [2.75, 3.05) is 5.88 Å². The Kier molecular flexibility index (Phi) is 4.37. The van der Waals surface area contributed by atoms with Crippen LogP contribution in [0.3, 0.4) is 0 Å². The van der Waals surface area contributed by atoms with Gasteiger partial charge in [0.25, 0.3) is 0 Å². The SMILES string of the molecule is C=CC(CCl)C(C#N)C#N. The van der Waals surface area contributed by atoms with E-state index in [-0.39, 0.29) is 11.8 Å². The molecule has 1 atom stereocenters. The second-order valence-corrected chi connectivity index (χ2v) is 2.10. The van der Waals surface area contributed by atoms with Crippen molar-refractivity contribution in [2.45, 2.75) is 0 Å². The summed E-state index contributed by atoms with van der Waals surface area (Å²) in [6.07, 6.45) is 1.53. The lowest BCUT2D eigenvalue weighted by atomic mass is 9.97. The van der Waals surface area contributed by atoms with Crippen LogP contribution in [0.2, 0.25) is 0 Å². The van der Waals surface area contributed by atoms with E-state index in [1.54, 1.807) is 0 Å². The van der Waals surface area contributed by atoms with E-state index in [0.29, 0.717) is 0 Å². The first-order valence-electron chi connectivity index (χ1n) is 2.77. The van der Waals surface area contributed by atoms with Crippen LogP contribution in [-0.4, -0.2) is 5.88 Å². The lowest BCUT2D eigenvalue weighted by molar-refractivity contribution is 0.642. The van der Waals surface area contributed by atoms with Crippen LogP contribution in [-0.2, 0) is 0 Å². The maximum absolute atomic E-state index is 8.38. The van der Waals surface area contributed by atoms with Gasteiger partial charge in [-0.15, -0.1) is 18.2 Å². The smallest absolute Gasteiger partial charge is 0.140 e. The summed E-state index contributed by atoms with van der Waals surface area (Å²) in [4.78, 5) is 0. The fraction of sp³-hybridized carbons (Fsp3) is 0.429. The van der Waals surface area contributed by atoms with Crippen molar-refractivity contribution >= 4 is 11.6 Å². The molecule has 0 fully saturated rings. The Balaban J connectivity index is 4.16. The van der Waals surface area contributed by atoms with Gasteiger partial charge in [0, 0.05) is 11.8 Å². The van der Waals surface area contributed by atoms with Crippen molar-refractivity contribution in [3.05, 3.63) is 12.7 Å². The number of halogens is 1. The molecular weight excluding hydrogens is 148 g/mol. The molecule has 0 aromatic rings. The molecule has 1 unspecified atom stereocenters. The van der Waals surface area contributed by atoms with E-state index in [0.717, 1.165) is 0 Å². The van der Waals surface area contributed by atoms with Crippen LogP contribution in [0.4, 0.5) is 0 Å². The van der Waals surface area contributed by atoms with Crippen LogP contribution in [0.1, 0.15) is 0 Å². The fourth-order valence-corrected chi connectivity index (χ4v) is 0.813. The molecule has 0 radical (unpaired) electrons. The Labute approximate surface area is 65.3 Å². The monoisotopic (exact) mass is 154 g/mol. The Morgan fingerprint density at radius 1 is 1.50 bits per heavy atom. The number of allylic oxidation sites excluding steroid dienone is 1. The minimum atomic E-state index is -0.657. The van der Waals surface area contributed by atoms with Crippen LogP contribution in [0.25, 0.3) is 0 Å². The Hall–Kier alpha value is -0.990. The third kappa shape index (κ3) is 2.09. The molecule has 0 aliphatic carbocycles. The molecule has 0 saturated carbocycles. The molecule has 0 N–H and O–H groups in total. The lowest BCUT2D eigenvalue weighted by Gasteiger charge is -2.05. The second-order valence-electron chi connectivity index (χ2n) is 1.79. The summed E-state index contributed by atoms with van der Waals surface area (Å²) in [5, 5.41) is 16.8. The van der Waals surface area contributed by atoms with Gasteiger partial charge in [-0.1, -0.05) is 6.08 Å².